The molecule has 1 amide bonds. The van der Waals surface area contributed by atoms with Gasteiger partial charge in [-0.2, -0.15) is 0 Å². The minimum atomic E-state index is -1.16. The molecule has 0 aliphatic rings. The molecule has 1 heterocycles. The van der Waals surface area contributed by atoms with Gasteiger partial charge >= 0.3 is 6.09 Å². The van der Waals surface area contributed by atoms with E-state index in [1.807, 2.05) is 0 Å². The number of carboxylic acid groups (broad SMARTS) is 1. The van der Waals surface area contributed by atoms with Crippen LogP contribution in [0.15, 0.2) is 41.1 Å². The highest BCUT2D eigenvalue weighted by Gasteiger charge is 2.29. The number of rotatable bonds is 5. The number of carbonyl (C=O) groups is 1. The van der Waals surface area contributed by atoms with Crippen LogP contribution in [0.25, 0.3) is 0 Å². The molecule has 0 fully saturated rings. The number of nitro groups is 1. The Balaban J connectivity index is 2.39. The second-order valence-electron chi connectivity index (χ2n) is 6.53. The minimum absolute atomic E-state index is 0.136. The van der Waals surface area contributed by atoms with Crippen LogP contribution < -0.4 is 4.74 Å². The SMILES string of the molecule is CC(C)(C)N(Cc1cc(Oc2cncc(Br)c2)ccc1[N+](=O)[O-])C(=O)O. The first-order chi connectivity index (χ1) is 12.1. The standard InChI is InChI=1S/C17H18BrN3O5/c1-17(2,3)20(16(22)23)10-11-6-13(4-5-15(11)21(24)25)26-14-7-12(18)8-19-9-14/h4-9H,10H2,1-3H3,(H,22,23). The minimum Gasteiger partial charge on any atom is -0.465 e. The third-order valence-electron chi connectivity index (χ3n) is 3.53. The number of hydrogen-bond donors (Lipinski definition) is 1. The van der Waals surface area contributed by atoms with Crippen LogP contribution in [0.5, 0.6) is 11.5 Å². The first-order valence-electron chi connectivity index (χ1n) is 7.64. The Morgan fingerprint density at radius 3 is 2.54 bits per heavy atom. The molecular formula is C17H18BrN3O5. The number of ether oxygens (including phenoxy) is 1. The zero-order valence-corrected chi connectivity index (χ0v) is 16.1. The van der Waals surface area contributed by atoms with Gasteiger partial charge in [-0.3, -0.25) is 20.0 Å². The summed E-state index contributed by atoms with van der Waals surface area (Å²) in [6.45, 7) is 5.03. The van der Waals surface area contributed by atoms with Gasteiger partial charge in [0.1, 0.15) is 11.5 Å². The van der Waals surface area contributed by atoms with Crippen LogP contribution in [0.3, 0.4) is 0 Å². The number of halogens is 1. The molecule has 1 N–H and O–H groups in total. The van der Waals surface area contributed by atoms with E-state index in [1.165, 1.54) is 24.4 Å². The van der Waals surface area contributed by atoms with Gasteiger partial charge in [-0.15, -0.1) is 0 Å². The molecule has 0 saturated heterocycles. The third-order valence-corrected chi connectivity index (χ3v) is 3.97. The fourth-order valence-corrected chi connectivity index (χ4v) is 2.62. The smallest absolute Gasteiger partial charge is 0.408 e. The van der Waals surface area contributed by atoms with Crippen LogP contribution in [0.4, 0.5) is 10.5 Å². The Morgan fingerprint density at radius 1 is 1.31 bits per heavy atom. The summed E-state index contributed by atoms with van der Waals surface area (Å²) >= 11 is 3.29. The number of hydrogen-bond acceptors (Lipinski definition) is 5. The number of nitro benzene ring substituents is 1. The maximum atomic E-state index is 11.6. The maximum Gasteiger partial charge on any atom is 0.408 e. The van der Waals surface area contributed by atoms with Crippen molar-refractivity contribution in [3.05, 3.63) is 56.8 Å². The summed E-state index contributed by atoms with van der Waals surface area (Å²) in [6.07, 6.45) is 1.95. The Hall–Kier alpha value is -2.68. The van der Waals surface area contributed by atoms with E-state index in [2.05, 4.69) is 20.9 Å². The van der Waals surface area contributed by atoms with Gasteiger partial charge in [0, 0.05) is 22.3 Å². The van der Waals surface area contributed by atoms with Crippen molar-refractivity contribution in [2.24, 2.45) is 0 Å². The van der Waals surface area contributed by atoms with E-state index in [4.69, 9.17) is 4.74 Å². The molecule has 0 spiro atoms. The van der Waals surface area contributed by atoms with Gasteiger partial charge in [-0.25, -0.2) is 4.79 Å². The van der Waals surface area contributed by atoms with Gasteiger partial charge in [0.05, 0.1) is 23.2 Å². The molecule has 0 aliphatic carbocycles. The topological polar surface area (TPSA) is 106 Å². The Labute approximate surface area is 158 Å². The molecule has 0 unspecified atom stereocenters. The van der Waals surface area contributed by atoms with Crippen LogP contribution in [0, 0.1) is 10.1 Å². The molecule has 0 bridgehead atoms. The lowest BCUT2D eigenvalue weighted by Crippen LogP contribution is -2.44. The quantitative estimate of drug-likeness (QED) is 0.545. The number of aromatic nitrogens is 1. The zero-order valence-electron chi connectivity index (χ0n) is 14.5. The van der Waals surface area contributed by atoms with E-state index >= 15 is 0 Å². The first kappa shape index (κ1) is 19.6. The van der Waals surface area contributed by atoms with Gasteiger partial charge in [-0.1, -0.05) is 0 Å². The van der Waals surface area contributed by atoms with Gasteiger partial charge in [0.15, 0.2) is 0 Å². The molecule has 138 valence electrons. The van der Waals surface area contributed by atoms with E-state index < -0.39 is 16.6 Å². The van der Waals surface area contributed by atoms with Crippen LogP contribution in [0.2, 0.25) is 0 Å². The predicted molar refractivity (Wildman–Crippen MR) is 98.4 cm³/mol. The summed E-state index contributed by atoms with van der Waals surface area (Å²) in [7, 11) is 0. The van der Waals surface area contributed by atoms with Crippen molar-refractivity contribution in [1.82, 2.24) is 9.88 Å². The van der Waals surface area contributed by atoms with Gasteiger partial charge in [-0.05, 0) is 54.9 Å². The van der Waals surface area contributed by atoms with E-state index in [0.29, 0.717) is 11.5 Å². The van der Waals surface area contributed by atoms with E-state index in [0.717, 1.165) is 9.37 Å². The first-order valence-corrected chi connectivity index (χ1v) is 8.43. The van der Waals surface area contributed by atoms with Crippen LogP contribution >= 0.6 is 15.9 Å². The van der Waals surface area contributed by atoms with Crippen molar-refractivity contribution in [2.45, 2.75) is 32.9 Å². The number of amides is 1. The number of benzene rings is 1. The maximum absolute atomic E-state index is 11.6. The highest BCUT2D eigenvalue weighted by molar-refractivity contribution is 9.10. The van der Waals surface area contributed by atoms with Crippen molar-refractivity contribution >= 4 is 27.7 Å². The average Bonchev–Trinajstić information content (AvgIpc) is 2.51. The summed E-state index contributed by atoms with van der Waals surface area (Å²) < 4.78 is 6.41. The number of nitrogens with zero attached hydrogens (tertiary/aromatic N) is 3. The van der Waals surface area contributed by atoms with Crippen molar-refractivity contribution in [3.8, 4) is 11.5 Å². The van der Waals surface area contributed by atoms with E-state index in [9.17, 15) is 20.0 Å². The van der Waals surface area contributed by atoms with Gasteiger partial charge in [0.2, 0.25) is 0 Å². The lowest BCUT2D eigenvalue weighted by atomic mass is 10.0. The molecule has 0 radical (unpaired) electrons. The summed E-state index contributed by atoms with van der Waals surface area (Å²) in [5.41, 5.74) is -0.641. The lowest BCUT2D eigenvalue weighted by molar-refractivity contribution is -0.385. The second kappa shape index (κ2) is 7.69. The fourth-order valence-electron chi connectivity index (χ4n) is 2.28. The lowest BCUT2D eigenvalue weighted by Gasteiger charge is -2.33. The molecule has 9 heteroatoms. The molecule has 1 aromatic carbocycles. The Bertz CT molecular complexity index is 835. The molecule has 0 saturated carbocycles. The molecule has 26 heavy (non-hydrogen) atoms. The summed E-state index contributed by atoms with van der Waals surface area (Å²) in [4.78, 5) is 27.5. The summed E-state index contributed by atoms with van der Waals surface area (Å²) in [5.74, 6) is 0.801. The molecule has 0 atom stereocenters. The number of pyridine rings is 1. The third kappa shape index (κ3) is 4.92. The highest BCUT2D eigenvalue weighted by atomic mass is 79.9. The normalized spacial score (nSPS) is 11.1. The van der Waals surface area contributed by atoms with Crippen molar-refractivity contribution in [3.63, 3.8) is 0 Å². The van der Waals surface area contributed by atoms with Crippen LogP contribution in [0.1, 0.15) is 26.3 Å². The second-order valence-corrected chi connectivity index (χ2v) is 7.44. The summed E-state index contributed by atoms with van der Waals surface area (Å²) in [6, 6.07) is 5.94. The van der Waals surface area contributed by atoms with Crippen LogP contribution in [-0.2, 0) is 6.54 Å². The molecule has 2 rings (SSSR count). The zero-order chi connectivity index (χ0) is 19.5. The Morgan fingerprint density at radius 2 is 2.00 bits per heavy atom. The van der Waals surface area contributed by atoms with Crippen molar-refractivity contribution < 1.29 is 19.6 Å². The molecule has 8 nitrogen and oxygen atoms in total. The highest BCUT2D eigenvalue weighted by Crippen LogP contribution is 2.30. The van der Waals surface area contributed by atoms with E-state index in [1.54, 1.807) is 33.0 Å². The summed E-state index contributed by atoms with van der Waals surface area (Å²) in [5, 5.41) is 20.8. The fraction of sp³-hybridized carbons (Fsp3) is 0.294. The molecular weight excluding hydrogens is 406 g/mol. The average molecular weight is 424 g/mol. The van der Waals surface area contributed by atoms with Crippen molar-refractivity contribution in [2.75, 3.05) is 0 Å². The Kier molecular flexibility index (Phi) is 5.81. The molecule has 2 aromatic rings. The monoisotopic (exact) mass is 423 g/mol. The molecule has 1 aromatic heterocycles. The molecule has 0 aliphatic heterocycles. The van der Waals surface area contributed by atoms with Gasteiger partial charge < -0.3 is 9.84 Å². The van der Waals surface area contributed by atoms with E-state index in [-0.39, 0.29) is 17.8 Å². The van der Waals surface area contributed by atoms with Gasteiger partial charge in [0.25, 0.3) is 5.69 Å². The largest absolute Gasteiger partial charge is 0.465 e. The van der Waals surface area contributed by atoms with Crippen molar-refractivity contribution in [1.29, 1.82) is 0 Å². The predicted octanol–water partition coefficient (Wildman–Crippen LogP) is 4.82. The van der Waals surface area contributed by atoms with Crippen LogP contribution in [-0.4, -0.2) is 31.5 Å².